The van der Waals surface area contributed by atoms with E-state index in [1.54, 1.807) is 32.0 Å². The van der Waals surface area contributed by atoms with Gasteiger partial charge in [-0.05, 0) is 31.5 Å². The second kappa shape index (κ2) is 5.90. The Bertz CT molecular complexity index is 732. The van der Waals surface area contributed by atoms with Gasteiger partial charge in [0.2, 0.25) is 0 Å². The SMILES string of the molecule is Cc1cc(=O)[nH]c(Sc2cc(C#N)ccc2[C@@H](C)O)n1. The number of benzene rings is 1. The Morgan fingerprint density at radius 3 is 2.80 bits per heavy atom. The van der Waals surface area contributed by atoms with E-state index < -0.39 is 6.10 Å². The molecular weight excluding hydrogens is 274 g/mol. The third-order valence-corrected chi connectivity index (χ3v) is 3.61. The van der Waals surface area contributed by atoms with Crippen molar-refractivity contribution in [3.05, 3.63) is 51.4 Å². The van der Waals surface area contributed by atoms with Gasteiger partial charge < -0.3 is 10.1 Å². The fourth-order valence-electron chi connectivity index (χ4n) is 1.74. The van der Waals surface area contributed by atoms with E-state index in [1.807, 2.05) is 0 Å². The molecule has 0 radical (unpaired) electrons. The quantitative estimate of drug-likeness (QED) is 0.844. The van der Waals surface area contributed by atoms with Crippen molar-refractivity contribution in [2.75, 3.05) is 0 Å². The van der Waals surface area contributed by atoms with Gasteiger partial charge in [-0.2, -0.15) is 5.26 Å². The first-order valence-electron chi connectivity index (χ1n) is 5.97. The zero-order chi connectivity index (χ0) is 14.7. The Morgan fingerprint density at radius 1 is 1.45 bits per heavy atom. The third kappa shape index (κ3) is 3.26. The summed E-state index contributed by atoms with van der Waals surface area (Å²) in [5.74, 6) is 0. The van der Waals surface area contributed by atoms with Crippen LogP contribution in [0.4, 0.5) is 0 Å². The molecule has 102 valence electrons. The highest BCUT2D eigenvalue weighted by Crippen LogP contribution is 2.31. The standard InChI is InChI=1S/C14H13N3O2S/c1-8-5-13(19)17-14(16-8)20-12-6-10(7-15)3-4-11(12)9(2)18/h3-6,9,18H,1-2H3,(H,16,17,19)/t9-/m1/s1. The van der Waals surface area contributed by atoms with E-state index in [2.05, 4.69) is 16.0 Å². The number of aliphatic hydroxyl groups excluding tert-OH is 1. The number of aromatic amines is 1. The van der Waals surface area contributed by atoms with Crippen molar-refractivity contribution >= 4 is 11.8 Å². The van der Waals surface area contributed by atoms with Gasteiger partial charge in [-0.25, -0.2) is 4.98 Å². The van der Waals surface area contributed by atoms with Gasteiger partial charge in [-0.1, -0.05) is 17.8 Å². The molecule has 0 bridgehead atoms. The Kier molecular flexibility index (Phi) is 4.23. The molecule has 20 heavy (non-hydrogen) atoms. The molecular formula is C14H13N3O2S. The first-order valence-corrected chi connectivity index (χ1v) is 6.79. The van der Waals surface area contributed by atoms with Gasteiger partial charge in [0.25, 0.3) is 5.56 Å². The second-order valence-corrected chi connectivity index (χ2v) is 5.37. The highest BCUT2D eigenvalue weighted by atomic mass is 32.2. The number of aryl methyl sites for hydroxylation is 1. The summed E-state index contributed by atoms with van der Waals surface area (Å²) in [4.78, 5) is 19.0. The van der Waals surface area contributed by atoms with Crippen molar-refractivity contribution in [1.82, 2.24) is 9.97 Å². The molecule has 1 heterocycles. The number of aliphatic hydroxyl groups is 1. The van der Waals surface area contributed by atoms with E-state index in [4.69, 9.17) is 5.26 Å². The lowest BCUT2D eigenvalue weighted by molar-refractivity contribution is 0.196. The number of hydrogen-bond acceptors (Lipinski definition) is 5. The summed E-state index contributed by atoms with van der Waals surface area (Å²) >= 11 is 1.22. The maximum absolute atomic E-state index is 11.4. The van der Waals surface area contributed by atoms with E-state index in [0.29, 0.717) is 26.9 Å². The van der Waals surface area contributed by atoms with E-state index in [9.17, 15) is 9.90 Å². The number of aromatic nitrogens is 2. The summed E-state index contributed by atoms with van der Waals surface area (Å²) in [7, 11) is 0. The summed E-state index contributed by atoms with van der Waals surface area (Å²) in [5, 5.41) is 19.2. The highest BCUT2D eigenvalue weighted by molar-refractivity contribution is 7.99. The van der Waals surface area contributed by atoms with Crippen molar-refractivity contribution in [1.29, 1.82) is 5.26 Å². The van der Waals surface area contributed by atoms with Crippen molar-refractivity contribution in [2.24, 2.45) is 0 Å². The Balaban J connectivity index is 2.46. The van der Waals surface area contributed by atoms with Gasteiger partial charge in [0.15, 0.2) is 5.16 Å². The van der Waals surface area contributed by atoms with Crippen LogP contribution in [0, 0.1) is 18.3 Å². The first kappa shape index (κ1) is 14.3. The largest absolute Gasteiger partial charge is 0.389 e. The molecule has 2 aromatic rings. The van der Waals surface area contributed by atoms with E-state index >= 15 is 0 Å². The van der Waals surface area contributed by atoms with Crippen LogP contribution in [0.5, 0.6) is 0 Å². The monoisotopic (exact) mass is 287 g/mol. The molecule has 1 aromatic carbocycles. The molecule has 0 spiro atoms. The molecule has 0 saturated heterocycles. The molecule has 0 aliphatic carbocycles. The highest BCUT2D eigenvalue weighted by Gasteiger charge is 2.12. The van der Waals surface area contributed by atoms with Gasteiger partial charge in [0.1, 0.15) is 0 Å². The summed E-state index contributed by atoms with van der Waals surface area (Å²) < 4.78 is 0. The van der Waals surface area contributed by atoms with Crippen LogP contribution in [0.2, 0.25) is 0 Å². The lowest BCUT2D eigenvalue weighted by Crippen LogP contribution is -2.08. The smallest absolute Gasteiger partial charge is 0.251 e. The van der Waals surface area contributed by atoms with Gasteiger partial charge in [-0.3, -0.25) is 4.79 Å². The van der Waals surface area contributed by atoms with E-state index in [1.165, 1.54) is 17.8 Å². The first-order chi connectivity index (χ1) is 9.49. The van der Waals surface area contributed by atoms with Crippen LogP contribution < -0.4 is 5.56 Å². The Morgan fingerprint density at radius 2 is 2.20 bits per heavy atom. The number of nitriles is 1. The molecule has 0 saturated carbocycles. The van der Waals surface area contributed by atoms with Crippen LogP contribution in [-0.2, 0) is 0 Å². The average Bonchev–Trinajstić information content (AvgIpc) is 2.37. The number of hydrogen-bond donors (Lipinski definition) is 2. The van der Waals surface area contributed by atoms with Gasteiger partial charge >= 0.3 is 0 Å². The summed E-state index contributed by atoms with van der Waals surface area (Å²) in [6.07, 6.45) is -0.665. The Labute approximate surface area is 120 Å². The average molecular weight is 287 g/mol. The van der Waals surface area contributed by atoms with Crippen LogP contribution in [0.15, 0.2) is 39.1 Å². The zero-order valence-electron chi connectivity index (χ0n) is 11.0. The van der Waals surface area contributed by atoms with Crippen LogP contribution >= 0.6 is 11.8 Å². The zero-order valence-corrected chi connectivity index (χ0v) is 11.9. The van der Waals surface area contributed by atoms with E-state index in [0.717, 1.165) is 0 Å². The fourth-order valence-corrected chi connectivity index (χ4v) is 2.83. The number of rotatable bonds is 3. The van der Waals surface area contributed by atoms with E-state index in [-0.39, 0.29) is 5.56 Å². The van der Waals surface area contributed by atoms with Crippen molar-refractivity contribution in [3.63, 3.8) is 0 Å². The summed E-state index contributed by atoms with van der Waals surface area (Å²) in [6, 6.07) is 8.50. The van der Waals surface area contributed by atoms with Gasteiger partial charge in [-0.15, -0.1) is 0 Å². The van der Waals surface area contributed by atoms with Crippen LogP contribution in [0.1, 0.15) is 29.8 Å². The number of nitrogens with one attached hydrogen (secondary N) is 1. The molecule has 5 nitrogen and oxygen atoms in total. The van der Waals surface area contributed by atoms with Crippen LogP contribution in [-0.4, -0.2) is 15.1 Å². The maximum atomic E-state index is 11.4. The minimum atomic E-state index is -0.665. The Hall–Kier alpha value is -2.10. The van der Waals surface area contributed by atoms with Gasteiger partial charge in [0, 0.05) is 16.7 Å². The molecule has 2 rings (SSSR count). The molecule has 0 unspecified atom stereocenters. The molecule has 6 heteroatoms. The topological polar surface area (TPSA) is 89.8 Å². The second-order valence-electron chi connectivity index (χ2n) is 4.33. The van der Waals surface area contributed by atoms with Crippen LogP contribution in [0.3, 0.4) is 0 Å². The number of nitrogens with zero attached hydrogens (tertiary/aromatic N) is 2. The predicted molar refractivity (Wildman–Crippen MR) is 75.5 cm³/mol. The lowest BCUT2D eigenvalue weighted by atomic mass is 10.1. The molecule has 1 atom stereocenters. The predicted octanol–water partition coefficient (Wildman–Crippen LogP) is 2.15. The number of H-pyrrole nitrogens is 1. The fraction of sp³-hybridized carbons (Fsp3) is 0.214. The summed E-state index contributed by atoms with van der Waals surface area (Å²) in [5.41, 5.74) is 1.58. The van der Waals surface area contributed by atoms with Crippen molar-refractivity contribution in [3.8, 4) is 6.07 Å². The molecule has 0 fully saturated rings. The lowest BCUT2D eigenvalue weighted by Gasteiger charge is -2.11. The van der Waals surface area contributed by atoms with Gasteiger partial charge in [0.05, 0.1) is 17.7 Å². The third-order valence-electron chi connectivity index (χ3n) is 2.65. The normalized spacial score (nSPS) is 11.9. The maximum Gasteiger partial charge on any atom is 0.251 e. The molecule has 0 aliphatic rings. The molecule has 1 aromatic heterocycles. The molecule has 0 aliphatic heterocycles. The molecule has 0 amide bonds. The minimum absolute atomic E-state index is 0.227. The summed E-state index contributed by atoms with van der Waals surface area (Å²) in [6.45, 7) is 3.39. The minimum Gasteiger partial charge on any atom is -0.389 e. The van der Waals surface area contributed by atoms with Crippen LogP contribution in [0.25, 0.3) is 0 Å². The molecule has 2 N–H and O–H groups in total. The van der Waals surface area contributed by atoms with Crippen molar-refractivity contribution < 1.29 is 5.11 Å². The van der Waals surface area contributed by atoms with Crippen molar-refractivity contribution in [2.45, 2.75) is 30.0 Å².